The molecule has 0 spiro atoms. The molecule has 0 aromatic heterocycles. The molecular weight excluding hydrogens is 332 g/mol. The summed E-state index contributed by atoms with van der Waals surface area (Å²) in [5.41, 5.74) is 0. The molecule has 2 aliphatic rings. The fourth-order valence-electron chi connectivity index (χ4n) is 2.71. The lowest BCUT2D eigenvalue weighted by Crippen LogP contribution is -2.63. The summed E-state index contributed by atoms with van der Waals surface area (Å²) >= 11 is 0. The van der Waals surface area contributed by atoms with Gasteiger partial charge in [-0.1, -0.05) is 0 Å². The zero-order valence-corrected chi connectivity index (χ0v) is 12.7. The number of ether oxygens (including phenoxy) is 3. The highest BCUT2D eigenvalue weighted by atomic mass is 16.8. The molecule has 2 fully saturated rings. The first-order valence-electron chi connectivity index (χ1n) is 7.58. The third-order valence-corrected chi connectivity index (χ3v) is 4.20. The van der Waals surface area contributed by atoms with Gasteiger partial charge in [-0.3, -0.25) is 0 Å². The van der Waals surface area contributed by atoms with Crippen LogP contribution in [0.25, 0.3) is 0 Å². The second kappa shape index (κ2) is 8.29. The molecule has 142 valence electrons. The molecule has 11 heteroatoms. The molecule has 11 nitrogen and oxygen atoms in total. The van der Waals surface area contributed by atoms with Crippen LogP contribution >= 0.6 is 0 Å². The standard InChI is InChI=1S/C13H24O11/c14-2-1-4-6(16)8(18)10(20)12(22-4)24-13-11(21)9(19)7(17)5(3-15)23-13/h4-21H,1-3H2/t4-,5-,6-,7-,8+,9+,10-,11-,12-,13-/m1/s1. The first-order chi connectivity index (χ1) is 11.3. The molecule has 24 heavy (non-hydrogen) atoms. The van der Waals surface area contributed by atoms with Crippen LogP contribution in [0.4, 0.5) is 0 Å². The minimum absolute atomic E-state index is 0.0422. The Morgan fingerprint density at radius 2 is 1.08 bits per heavy atom. The summed E-state index contributed by atoms with van der Waals surface area (Å²) in [6.45, 7) is -1.01. The molecule has 0 bridgehead atoms. The molecule has 2 aliphatic heterocycles. The van der Waals surface area contributed by atoms with Crippen LogP contribution < -0.4 is 0 Å². The highest BCUT2D eigenvalue weighted by Crippen LogP contribution is 2.28. The first kappa shape index (κ1) is 19.9. The monoisotopic (exact) mass is 356 g/mol. The SMILES string of the molecule is OCC[C@H]1O[C@H](O[C@H]2O[C@H](CO)[C@@H](O)[C@H](O)[C@H]2O)[C@H](O)[C@@H](O)[C@@H]1O. The van der Waals surface area contributed by atoms with E-state index in [0.29, 0.717) is 0 Å². The summed E-state index contributed by atoms with van der Waals surface area (Å²) in [7, 11) is 0. The second-order valence-corrected chi connectivity index (χ2v) is 5.86. The maximum absolute atomic E-state index is 9.93. The molecule has 2 heterocycles. The van der Waals surface area contributed by atoms with Gasteiger partial charge in [0.25, 0.3) is 0 Å². The maximum atomic E-state index is 9.93. The van der Waals surface area contributed by atoms with Gasteiger partial charge in [0.15, 0.2) is 12.6 Å². The highest BCUT2D eigenvalue weighted by Gasteiger charge is 2.49. The zero-order valence-electron chi connectivity index (χ0n) is 12.7. The van der Waals surface area contributed by atoms with E-state index in [1.807, 2.05) is 0 Å². The van der Waals surface area contributed by atoms with Crippen LogP contribution in [0.1, 0.15) is 6.42 Å². The first-order valence-corrected chi connectivity index (χ1v) is 7.58. The van der Waals surface area contributed by atoms with Crippen molar-refractivity contribution in [1.29, 1.82) is 0 Å². The van der Waals surface area contributed by atoms with Gasteiger partial charge >= 0.3 is 0 Å². The van der Waals surface area contributed by atoms with Crippen molar-refractivity contribution < 1.29 is 55.1 Å². The summed E-state index contributed by atoms with van der Waals surface area (Å²) < 4.78 is 15.6. The third kappa shape index (κ3) is 3.86. The summed E-state index contributed by atoms with van der Waals surface area (Å²) in [5.74, 6) is 0. The molecule has 0 radical (unpaired) electrons. The van der Waals surface area contributed by atoms with Gasteiger partial charge in [-0.2, -0.15) is 0 Å². The van der Waals surface area contributed by atoms with Crippen molar-refractivity contribution in [2.24, 2.45) is 0 Å². The molecule has 0 aliphatic carbocycles. The van der Waals surface area contributed by atoms with E-state index in [1.54, 1.807) is 0 Å². The Morgan fingerprint density at radius 3 is 1.54 bits per heavy atom. The zero-order chi connectivity index (χ0) is 18.0. The second-order valence-electron chi connectivity index (χ2n) is 5.86. The molecule has 0 amide bonds. The van der Waals surface area contributed by atoms with Crippen molar-refractivity contribution in [1.82, 2.24) is 0 Å². The lowest BCUT2D eigenvalue weighted by atomic mass is 9.96. The molecule has 2 rings (SSSR count). The lowest BCUT2D eigenvalue weighted by molar-refractivity contribution is -0.375. The van der Waals surface area contributed by atoms with Crippen molar-refractivity contribution >= 4 is 0 Å². The van der Waals surface area contributed by atoms with Crippen LogP contribution in [0, 0.1) is 0 Å². The van der Waals surface area contributed by atoms with E-state index in [-0.39, 0.29) is 13.0 Å². The van der Waals surface area contributed by atoms with E-state index < -0.39 is 68.0 Å². The van der Waals surface area contributed by atoms with Crippen LogP contribution in [0.3, 0.4) is 0 Å². The van der Waals surface area contributed by atoms with E-state index in [9.17, 15) is 30.6 Å². The van der Waals surface area contributed by atoms with Gasteiger partial charge in [0.05, 0.1) is 12.7 Å². The average molecular weight is 356 g/mol. The highest BCUT2D eigenvalue weighted by molar-refractivity contribution is 4.92. The van der Waals surface area contributed by atoms with Gasteiger partial charge in [-0.15, -0.1) is 0 Å². The van der Waals surface area contributed by atoms with Gasteiger partial charge < -0.3 is 55.1 Å². The summed E-state index contributed by atoms with van der Waals surface area (Å²) in [6.07, 6.45) is -15.1. The smallest absolute Gasteiger partial charge is 0.189 e. The fourth-order valence-corrected chi connectivity index (χ4v) is 2.71. The Labute approximate surface area is 137 Å². The number of aliphatic hydroxyl groups is 8. The predicted octanol–water partition coefficient (Wildman–Crippen LogP) is -5.01. The quantitative estimate of drug-likeness (QED) is 0.235. The van der Waals surface area contributed by atoms with Crippen LogP contribution in [-0.2, 0) is 14.2 Å². The molecule has 8 N–H and O–H groups in total. The van der Waals surface area contributed by atoms with Crippen molar-refractivity contribution in [3.8, 4) is 0 Å². The van der Waals surface area contributed by atoms with Crippen molar-refractivity contribution in [2.75, 3.05) is 13.2 Å². The molecule has 0 unspecified atom stereocenters. The average Bonchev–Trinajstić information content (AvgIpc) is 2.57. The number of aliphatic hydroxyl groups excluding tert-OH is 8. The van der Waals surface area contributed by atoms with Gasteiger partial charge in [0.1, 0.15) is 42.7 Å². The van der Waals surface area contributed by atoms with E-state index in [1.165, 1.54) is 0 Å². The summed E-state index contributed by atoms with van der Waals surface area (Å²) in [6, 6.07) is 0. The van der Waals surface area contributed by atoms with Crippen molar-refractivity contribution in [3.05, 3.63) is 0 Å². The van der Waals surface area contributed by atoms with Gasteiger partial charge in [0.2, 0.25) is 0 Å². The normalized spacial score (nSPS) is 50.0. The van der Waals surface area contributed by atoms with Crippen LogP contribution in [0.15, 0.2) is 0 Å². The van der Waals surface area contributed by atoms with Crippen molar-refractivity contribution in [3.63, 3.8) is 0 Å². The molecule has 0 aromatic carbocycles. The van der Waals surface area contributed by atoms with Gasteiger partial charge in [0, 0.05) is 6.61 Å². The minimum Gasteiger partial charge on any atom is -0.396 e. The van der Waals surface area contributed by atoms with Crippen LogP contribution in [0.5, 0.6) is 0 Å². The number of rotatable bonds is 5. The summed E-state index contributed by atoms with van der Waals surface area (Å²) in [4.78, 5) is 0. The van der Waals surface area contributed by atoms with E-state index in [2.05, 4.69) is 0 Å². The summed E-state index contributed by atoms with van der Waals surface area (Å²) in [5, 5.41) is 76.9. The lowest BCUT2D eigenvalue weighted by Gasteiger charge is -2.44. The number of hydrogen-bond donors (Lipinski definition) is 8. The molecule has 2 saturated heterocycles. The Balaban J connectivity index is 2.07. The largest absolute Gasteiger partial charge is 0.396 e. The Morgan fingerprint density at radius 1 is 0.625 bits per heavy atom. The molecule has 0 saturated carbocycles. The van der Waals surface area contributed by atoms with Crippen molar-refractivity contribution in [2.45, 2.75) is 67.8 Å². The molecular formula is C13H24O11. The van der Waals surface area contributed by atoms with Gasteiger partial charge in [-0.25, -0.2) is 0 Å². The van der Waals surface area contributed by atoms with Crippen LogP contribution in [-0.4, -0.2) is 115 Å². The topological polar surface area (TPSA) is 190 Å². The van der Waals surface area contributed by atoms with Gasteiger partial charge in [-0.05, 0) is 6.42 Å². The van der Waals surface area contributed by atoms with E-state index in [0.717, 1.165) is 0 Å². The fraction of sp³-hybridized carbons (Fsp3) is 1.00. The third-order valence-electron chi connectivity index (χ3n) is 4.20. The van der Waals surface area contributed by atoms with Crippen LogP contribution in [0.2, 0.25) is 0 Å². The predicted molar refractivity (Wildman–Crippen MR) is 73.2 cm³/mol. The van der Waals surface area contributed by atoms with E-state index in [4.69, 9.17) is 24.4 Å². The Hall–Kier alpha value is -0.440. The molecule has 0 aromatic rings. The Bertz CT molecular complexity index is 394. The Kier molecular flexibility index (Phi) is 6.87. The van der Waals surface area contributed by atoms with E-state index >= 15 is 0 Å². The minimum atomic E-state index is -1.71. The molecule has 10 atom stereocenters. The number of hydrogen-bond acceptors (Lipinski definition) is 11. The maximum Gasteiger partial charge on any atom is 0.189 e.